The van der Waals surface area contributed by atoms with Crippen LogP contribution in [0.2, 0.25) is 0 Å². The molecule has 0 atom stereocenters. The summed E-state index contributed by atoms with van der Waals surface area (Å²) in [5, 5.41) is 3.33. The van der Waals surface area contributed by atoms with E-state index < -0.39 is 0 Å². The minimum atomic E-state index is -0.192. The van der Waals surface area contributed by atoms with Gasteiger partial charge < -0.3 is 24.6 Å². The van der Waals surface area contributed by atoms with E-state index in [1.165, 1.54) is 5.69 Å². The first-order valence-corrected chi connectivity index (χ1v) is 14.0. The van der Waals surface area contributed by atoms with Crippen molar-refractivity contribution in [3.8, 4) is 11.5 Å². The maximum absolute atomic E-state index is 14.1. The van der Waals surface area contributed by atoms with Crippen molar-refractivity contribution in [2.45, 2.75) is 13.1 Å². The van der Waals surface area contributed by atoms with Gasteiger partial charge >= 0.3 is 6.03 Å². The highest BCUT2D eigenvalue weighted by molar-refractivity contribution is 6.05. The topological polar surface area (TPSA) is 86.3 Å². The van der Waals surface area contributed by atoms with Gasteiger partial charge in [-0.3, -0.25) is 9.80 Å². The third-order valence-electron chi connectivity index (χ3n) is 7.71. The van der Waals surface area contributed by atoms with Crippen LogP contribution in [0.25, 0.3) is 0 Å². The second kappa shape index (κ2) is 12.0. The fourth-order valence-corrected chi connectivity index (χ4v) is 5.29. The third-order valence-corrected chi connectivity index (χ3v) is 7.71. The number of rotatable bonds is 8. The van der Waals surface area contributed by atoms with E-state index in [2.05, 4.69) is 39.3 Å². The standard InChI is InChI=1S/C32H35N7O3/c1-36-13-15-37(16-14-36)26-11-9-25(10-12-26)34-31-33-20-24-22-38(27-17-28(41-2)19-29(18-27)42-3)32(40)39(30(24)35-31)21-23-7-5-4-6-8-23/h4-12,17-20H,13-16,21-22H2,1-3H3,(H,33,34,35). The summed E-state index contributed by atoms with van der Waals surface area (Å²) in [6.45, 7) is 4.83. The predicted octanol–water partition coefficient (Wildman–Crippen LogP) is 5.14. The van der Waals surface area contributed by atoms with E-state index in [1.807, 2.05) is 54.6 Å². The molecule has 1 N–H and O–H groups in total. The van der Waals surface area contributed by atoms with Crippen LogP contribution < -0.4 is 29.5 Å². The Bertz CT molecular complexity index is 1520. The number of likely N-dealkylation sites (N-methyl/N-ethyl adjacent to an activating group) is 1. The molecular formula is C32H35N7O3. The van der Waals surface area contributed by atoms with Crippen LogP contribution in [0.5, 0.6) is 11.5 Å². The zero-order valence-corrected chi connectivity index (χ0v) is 24.2. The van der Waals surface area contributed by atoms with E-state index in [4.69, 9.17) is 14.5 Å². The molecule has 3 aromatic carbocycles. The molecule has 2 aliphatic rings. The minimum absolute atomic E-state index is 0.192. The lowest BCUT2D eigenvalue weighted by atomic mass is 10.1. The molecule has 0 bridgehead atoms. The van der Waals surface area contributed by atoms with Crippen molar-refractivity contribution < 1.29 is 14.3 Å². The smallest absolute Gasteiger partial charge is 0.330 e. The second-order valence-electron chi connectivity index (χ2n) is 10.5. The maximum atomic E-state index is 14.1. The van der Waals surface area contributed by atoms with Crippen molar-refractivity contribution in [1.82, 2.24) is 14.9 Å². The molecule has 2 amide bonds. The normalized spacial score (nSPS) is 15.4. The average molecular weight is 566 g/mol. The van der Waals surface area contributed by atoms with Gasteiger partial charge in [0.2, 0.25) is 5.95 Å². The van der Waals surface area contributed by atoms with Gasteiger partial charge in [-0.15, -0.1) is 0 Å². The maximum Gasteiger partial charge on any atom is 0.330 e. The molecule has 216 valence electrons. The molecule has 0 unspecified atom stereocenters. The fraction of sp³-hybridized carbons (Fsp3) is 0.281. The van der Waals surface area contributed by atoms with Gasteiger partial charge in [0.25, 0.3) is 0 Å². The molecule has 0 radical (unpaired) electrons. The van der Waals surface area contributed by atoms with Crippen LogP contribution in [0.4, 0.5) is 33.6 Å². The Morgan fingerprint density at radius 3 is 2.21 bits per heavy atom. The number of fused-ring (bicyclic) bond motifs is 1. The van der Waals surface area contributed by atoms with Crippen LogP contribution in [-0.2, 0) is 13.1 Å². The van der Waals surface area contributed by atoms with Gasteiger partial charge in [0.15, 0.2) is 0 Å². The summed E-state index contributed by atoms with van der Waals surface area (Å²) in [6.07, 6.45) is 1.79. The van der Waals surface area contributed by atoms with Crippen LogP contribution >= 0.6 is 0 Å². The van der Waals surface area contributed by atoms with Crippen molar-refractivity contribution in [3.05, 3.63) is 90.1 Å². The van der Waals surface area contributed by atoms with Crippen molar-refractivity contribution in [2.75, 3.05) is 67.5 Å². The largest absolute Gasteiger partial charge is 0.497 e. The molecule has 0 saturated carbocycles. The SMILES string of the molecule is COc1cc(OC)cc(N2Cc3cnc(Nc4ccc(N5CCN(C)CC5)cc4)nc3N(Cc3ccccc3)C2=O)c1. The summed E-state index contributed by atoms with van der Waals surface area (Å²) >= 11 is 0. The second-order valence-corrected chi connectivity index (χ2v) is 10.5. The quantitative estimate of drug-likeness (QED) is 0.315. The number of nitrogens with zero attached hydrogens (tertiary/aromatic N) is 6. The first kappa shape index (κ1) is 27.3. The van der Waals surface area contributed by atoms with Crippen molar-refractivity contribution in [3.63, 3.8) is 0 Å². The molecule has 4 aromatic rings. The van der Waals surface area contributed by atoms with E-state index in [0.717, 1.165) is 43.0 Å². The summed E-state index contributed by atoms with van der Waals surface area (Å²) in [5.74, 6) is 2.23. The number of carbonyl (C=O) groups excluding carboxylic acids is 1. The summed E-state index contributed by atoms with van der Waals surface area (Å²) in [6, 6.07) is 23.5. The Hall–Kier alpha value is -4.83. The number of hydrogen-bond acceptors (Lipinski definition) is 8. The van der Waals surface area contributed by atoms with Crippen LogP contribution in [0, 0.1) is 0 Å². The molecular weight excluding hydrogens is 530 g/mol. The Labute approximate surface area is 246 Å². The summed E-state index contributed by atoms with van der Waals surface area (Å²) in [5.41, 5.74) is 4.59. The van der Waals surface area contributed by atoms with Gasteiger partial charge in [-0.25, -0.2) is 9.78 Å². The molecule has 10 heteroatoms. The van der Waals surface area contributed by atoms with E-state index in [0.29, 0.717) is 42.0 Å². The van der Waals surface area contributed by atoms with E-state index >= 15 is 0 Å². The lowest BCUT2D eigenvalue weighted by Crippen LogP contribution is -2.47. The Balaban J connectivity index is 1.29. The minimum Gasteiger partial charge on any atom is -0.497 e. The number of methoxy groups -OCH3 is 2. The molecule has 1 saturated heterocycles. The van der Waals surface area contributed by atoms with Gasteiger partial charge in [-0.1, -0.05) is 30.3 Å². The highest BCUT2D eigenvalue weighted by atomic mass is 16.5. The molecule has 6 rings (SSSR count). The van der Waals surface area contributed by atoms with E-state index in [1.54, 1.807) is 36.3 Å². The summed E-state index contributed by atoms with van der Waals surface area (Å²) < 4.78 is 10.9. The number of benzene rings is 3. The summed E-state index contributed by atoms with van der Waals surface area (Å²) in [4.78, 5) is 31.7. The van der Waals surface area contributed by atoms with Crippen molar-refractivity contribution in [2.24, 2.45) is 0 Å². The molecule has 3 heterocycles. The van der Waals surface area contributed by atoms with Crippen LogP contribution in [0.15, 0.2) is 79.0 Å². The van der Waals surface area contributed by atoms with Crippen LogP contribution in [-0.4, -0.2) is 68.3 Å². The van der Waals surface area contributed by atoms with E-state index in [9.17, 15) is 4.79 Å². The van der Waals surface area contributed by atoms with Crippen LogP contribution in [0.3, 0.4) is 0 Å². The van der Waals surface area contributed by atoms with Gasteiger partial charge in [0, 0.05) is 67.5 Å². The third kappa shape index (κ3) is 5.80. The number of aromatic nitrogens is 2. The molecule has 1 fully saturated rings. The first-order chi connectivity index (χ1) is 20.5. The Kier molecular flexibility index (Phi) is 7.78. The zero-order valence-electron chi connectivity index (χ0n) is 24.2. The number of nitrogens with one attached hydrogen (secondary N) is 1. The monoisotopic (exact) mass is 565 g/mol. The lowest BCUT2D eigenvalue weighted by Gasteiger charge is -2.36. The average Bonchev–Trinajstić information content (AvgIpc) is 3.03. The predicted molar refractivity (Wildman–Crippen MR) is 165 cm³/mol. The number of ether oxygens (including phenoxy) is 2. The number of urea groups is 1. The number of hydrogen-bond donors (Lipinski definition) is 1. The number of piperazine rings is 1. The summed E-state index contributed by atoms with van der Waals surface area (Å²) in [7, 11) is 5.34. The highest BCUT2D eigenvalue weighted by Crippen LogP contribution is 2.36. The van der Waals surface area contributed by atoms with Gasteiger partial charge in [0.05, 0.1) is 33.0 Å². The molecule has 1 aromatic heterocycles. The van der Waals surface area contributed by atoms with Crippen molar-refractivity contribution >= 4 is 34.9 Å². The number of carbonyl (C=O) groups is 1. The molecule has 10 nitrogen and oxygen atoms in total. The van der Waals surface area contributed by atoms with Crippen molar-refractivity contribution in [1.29, 1.82) is 0 Å². The van der Waals surface area contributed by atoms with Gasteiger partial charge in [-0.2, -0.15) is 4.98 Å². The first-order valence-electron chi connectivity index (χ1n) is 14.0. The molecule has 0 aliphatic carbocycles. The highest BCUT2D eigenvalue weighted by Gasteiger charge is 2.34. The molecule has 42 heavy (non-hydrogen) atoms. The number of amides is 2. The van der Waals surface area contributed by atoms with Crippen LogP contribution in [0.1, 0.15) is 11.1 Å². The molecule has 0 spiro atoms. The zero-order chi connectivity index (χ0) is 29.1. The molecule has 2 aliphatic heterocycles. The Morgan fingerprint density at radius 2 is 1.55 bits per heavy atom. The van der Waals surface area contributed by atoms with E-state index in [-0.39, 0.29) is 6.03 Å². The lowest BCUT2D eigenvalue weighted by molar-refractivity contribution is 0.249. The van der Waals surface area contributed by atoms with Gasteiger partial charge in [-0.05, 0) is 36.9 Å². The Morgan fingerprint density at radius 1 is 0.857 bits per heavy atom. The number of anilines is 5. The van der Waals surface area contributed by atoms with Gasteiger partial charge in [0.1, 0.15) is 17.3 Å². The fourth-order valence-electron chi connectivity index (χ4n) is 5.29.